The molecule has 8 heteroatoms. The third-order valence-electron chi connectivity index (χ3n) is 4.46. The van der Waals surface area contributed by atoms with Gasteiger partial charge in [0, 0.05) is 18.7 Å². The van der Waals surface area contributed by atoms with Gasteiger partial charge < -0.3 is 14.1 Å². The number of carbonyl (C=O) groups is 1. The summed E-state index contributed by atoms with van der Waals surface area (Å²) < 4.78 is 12.8. The number of benzene rings is 1. The molecule has 0 bridgehead atoms. The summed E-state index contributed by atoms with van der Waals surface area (Å²) in [5.74, 6) is 2.53. The Hall–Kier alpha value is -3.00. The Labute approximate surface area is 180 Å². The molecule has 30 heavy (non-hydrogen) atoms. The summed E-state index contributed by atoms with van der Waals surface area (Å²) in [7, 11) is 1.63. The molecule has 3 aromatic rings. The average molecular weight is 427 g/mol. The summed E-state index contributed by atoms with van der Waals surface area (Å²) in [6.07, 6.45) is 1.64. The molecule has 1 amide bonds. The minimum atomic E-state index is 0.0426. The van der Waals surface area contributed by atoms with E-state index in [1.807, 2.05) is 54.8 Å². The first-order chi connectivity index (χ1) is 14.5. The van der Waals surface area contributed by atoms with Gasteiger partial charge in [-0.25, -0.2) is 0 Å². The molecule has 0 unspecified atom stereocenters. The quantitative estimate of drug-likeness (QED) is 0.359. The highest BCUT2D eigenvalue weighted by atomic mass is 32.2. The molecule has 0 saturated heterocycles. The highest BCUT2D eigenvalue weighted by Gasteiger charge is 2.19. The van der Waals surface area contributed by atoms with Crippen LogP contribution in [0.5, 0.6) is 5.75 Å². The van der Waals surface area contributed by atoms with Crippen LogP contribution in [0.1, 0.15) is 19.6 Å². The van der Waals surface area contributed by atoms with Gasteiger partial charge in [0.05, 0.1) is 25.7 Å². The van der Waals surface area contributed by atoms with E-state index in [0.29, 0.717) is 30.6 Å². The van der Waals surface area contributed by atoms with Gasteiger partial charge in [-0.3, -0.25) is 9.36 Å². The van der Waals surface area contributed by atoms with Crippen molar-refractivity contribution < 1.29 is 13.9 Å². The zero-order valence-corrected chi connectivity index (χ0v) is 18.3. The first-order valence-electron chi connectivity index (χ1n) is 9.66. The molecule has 0 saturated carbocycles. The molecule has 0 spiro atoms. The zero-order valence-electron chi connectivity index (χ0n) is 17.5. The van der Waals surface area contributed by atoms with E-state index in [-0.39, 0.29) is 11.7 Å². The Morgan fingerprint density at radius 3 is 2.80 bits per heavy atom. The van der Waals surface area contributed by atoms with Crippen LogP contribution in [0.25, 0.3) is 11.4 Å². The number of thioether (sulfide) groups is 1. The summed E-state index contributed by atoms with van der Waals surface area (Å²) in [5, 5.41) is 9.40. The van der Waals surface area contributed by atoms with E-state index in [2.05, 4.69) is 16.8 Å². The van der Waals surface area contributed by atoms with Crippen LogP contribution in [0.15, 0.2) is 64.4 Å². The molecule has 7 nitrogen and oxygen atoms in total. The smallest absolute Gasteiger partial charge is 0.233 e. The summed E-state index contributed by atoms with van der Waals surface area (Å²) in [4.78, 5) is 14.4. The topological polar surface area (TPSA) is 73.4 Å². The average Bonchev–Trinajstić information content (AvgIpc) is 3.40. The predicted molar refractivity (Wildman–Crippen MR) is 118 cm³/mol. The normalized spacial score (nSPS) is 10.8. The van der Waals surface area contributed by atoms with Crippen molar-refractivity contribution >= 4 is 17.7 Å². The maximum absolute atomic E-state index is 12.6. The van der Waals surface area contributed by atoms with Crippen molar-refractivity contribution in [3.8, 4) is 17.1 Å². The maximum Gasteiger partial charge on any atom is 0.233 e. The number of likely N-dealkylation sites (N-methyl/N-ethyl adjacent to an activating group) is 1. The number of aromatic nitrogens is 3. The summed E-state index contributed by atoms with van der Waals surface area (Å²) in [6.45, 7) is 9.45. The lowest BCUT2D eigenvalue weighted by Gasteiger charge is -2.20. The van der Waals surface area contributed by atoms with Gasteiger partial charge in [-0.15, -0.1) is 10.2 Å². The maximum atomic E-state index is 12.6. The second-order valence-electron chi connectivity index (χ2n) is 6.86. The van der Waals surface area contributed by atoms with Gasteiger partial charge in [-0.05, 0) is 38.1 Å². The molecule has 3 rings (SSSR count). The molecule has 158 valence electrons. The molecule has 2 aromatic heterocycles. The van der Waals surface area contributed by atoms with E-state index in [0.717, 1.165) is 22.6 Å². The van der Waals surface area contributed by atoms with Crippen LogP contribution >= 0.6 is 11.8 Å². The Bertz CT molecular complexity index is 998. The molecule has 1 aromatic carbocycles. The van der Waals surface area contributed by atoms with E-state index in [9.17, 15) is 4.79 Å². The van der Waals surface area contributed by atoms with Gasteiger partial charge in [0.15, 0.2) is 11.0 Å². The first kappa shape index (κ1) is 21.7. The van der Waals surface area contributed by atoms with Crippen molar-refractivity contribution in [2.75, 3.05) is 26.0 Å². The fourth-order valence-electron chi connectivity index (χ4n) is 2.99. The van der Waals surface area contributed by atoms with Crippen molar-refractivity contribution in [3.63, 3.8) is 0 Å². The molecule has 0 atom stereocenters. The highest BCUT2D eigenvalue weighted by molar-refractivity contribution is 7.99. The molecule has 2 heterocycles. The van der Waals surface area contributed by atoms with Crippen LogP contribution in [-0.4, -0.2) is 51.5 Å². The second-order valence-corrected chi connectivity index (χ2v) is 7.80. The van der Waals surface area contributed by atoms with Crippen LogP contribution in [0.3, 0.4) is 0 Å². The Kier molecular flexibility index (Phi) is 7.35. The van der Waals surface area contributed by atoms with E-state index in [4.69, 9.17) is 9.15 Å². The number of methoxy groups -OCH3 is 1. The van der Waals surface area contributed by atoms with Crippen molar-refractivity contribution in [3.05, 3.63) is 60.6 Å². The van der Waals surface area contributed by atoms with Gasteiger partial charge in [0.1, 0.15) is 11.5 Å². The van der Waals surface area contributed by atoms with Gasteiger partial charge in [-0.1, -0.05) is 36.0 Å². The molecule has 0 radical (unpaired) electrons. The van der Waals surface area contributed by atoms with Crippen molar-refractivity contribution in [1.29, 1.82) is 0 Å². The van der Waals surface area contributed by atoms with E-state index in [1.165, 1.54) is 11.8 Å². The predicted octanol–water partition coefficient (Wildman–Crippen LogP) is 4.11. The van der Waals surface area contributed by atoms with Gasteiger partial charge in [-0.2, -0.15) is 0 Å². The van der Waals surface area contributed by atoms with Crippen LogP contribution in [0.2, 0.25) is 0 Å². The fraction of sp³-hybridized carbons (Fsp3) is 0.318. The van der Waals surface area contributed by atoms with Crippen LogP contribution in [-0.2, 0) is 11.3 Å². The molecule has 0 aliphatic heterocycles. The van der Waals surface area contributed by atoms with Crippen LogP contribution in [0.4, 0.5) is 0 Å². The summed E-state index contributed by atoms with van der Waals surface area (Å²) in [5.41, 5.74) is 1.83. The number of rotatable bonds is 10. The largest absolute Gasteiger partial charge is 0.497 e. The lowest BCUT2D eigenvalue weighted by atomic mass is 10.2. The summed E-state index contributed by atoms with van der Waals surface area (Å²) in [6, 6.07) is 11.4. The van der Waals surface area contributed by atoms with Gasteiger partial charge in [0.2, 0.25) is 5.91 Å². The zero-order chi connectivity index (χ0) is 21.5. The summed E-state index contributed by atoms with van der Waals surface area (Å²) >= 11 is 1.37. The number of hydrogen-bond acceptors (Lipinski definition) is 6. The van der Waals surface area contributed by atoms with Crippen molar-refractivity contribution in [2.45, 2.75) is 25.5 Å². The first-order valence-corrected chi connectivity index (χ1v) is 10.6. The SMILES string of the molecule is C=C(C)CN(CC)C(=O)CSc1nnc(-c2cccc(OC)c2)n1Cc1ccco1. The van der Waals surface area contributed by atoms with Gasteiger partial charge >= 0.3 is 0 Å². The van der Waals surface area contributed by atoms with E-state index >= 15 is 0 Å². The lowest BCUT2D eigenvalue weighted by molar-refractivity contribution is -0.127. The second kappa shape index (κ2) is 10.2. The molecule has 0 N–H and O–H groups in total. The molecular formula is C22H26N4O3S. The number of carbonyl (C=O) groups excluding carboxylic acids is 1. The van der Waals surface area contributed by atoms with E-state index in [1.54, 1.807) is 18.3 Å². The number of hydrogen-bond donors (Lipinski definition) is 0. The van der Waals surface area contributed by atoms with E-state index < -0.39 is 0 Å². The minimum absolute atomic E-state index is 0.0426. The standard InChI is InChI=1S/C22H26N4O3S/c1-5-25(13-16(2)3)20(27)15-30-22-24-23-21(17-8-6-9-18(12-17)28-4)26(22)14-19-10-7-11-29-19/h6-12H,2,5,13-15H2,1,3-4H3. The highest BCUT2D eigenvalue weighted by Crippen LogP contribution is 2.27. The molecule has 0 aliphatic carbocycles. The Morgan fingerprint density at radius 1 is 1.30 bits per heavy atom. The number of amides is 1. The monoisotopic (exact) mass is 426 g/mol. The number of ether oxygens (including phenoxy) is 1. The Balaban J connectivity index is 1.86. The number of nitrogens with zero attached hydrogens (tertiary/aromatic N) is 4. The van der Waals surface area contributed by atoms with Crippen LogP contribution < -0.4 is 4.74 Å². The third-order valence-corrected chi connectivity index (χ3v) is 5.41. The lowest BCUT2D eigenvalue weighted by Crippen LogP contribution is -2.33. The number of furan rings is 1. The van der Waals surface area contributed by atoms with Gasteiger partial charge in [0.25, 0.3) is 0 Å². The fourth-order valence-corrected chi connectivity index (χ4v) is 3.83. The molecule has 0 aliphatic rings. The minimum Gasteiger partial charge on any atom is -0.497 e. The molecule has 0 fully saturated rings. The van der Waals surface area contributed by atoms with Crippen LogP contribution in [0, 0.1) is 0 Å². The van der Waals surface area contributed by atoms with Crippen molar-refractivity contribution in [2.24, 2.45) is 0 Å². The third kappa shape index (κ3) is 5.33. The molecular weight excluding hydrogens is 400 g/mol. The Morgan fingerprint density at radius 2 is 2.13 bits per heavy atom. The van der Waals surface area contributed by atoms with Crippen molar-refractivity contribution in [1.82, 2.24) is 19.7 Å².